The average Bonchev–Trinajstić information content (AvgIpc) is 2.74. The van der Waals surface area contributed by atoms with Gasteiger partial charge in [0.15, 0.2) is 0 Å². The van der Waals surface area contributed by atoms with E-state index >= 15 is 0 Å². The number of piperazine rings is 1. The van der Waals surface area contributed by atoms with Crippen molar-refractivity contribution >= 4 is 33.2 Å². The Labute approximate surface area is 119 Å². The van der Waals surface area contributed by atoms with E-state index in [-0.39, 0.29) is 6.42 Å². The number of rotatable bonds is 5. The SMILES string of the molecule is O=C(O)CCN1CCN(Cc2csc(Br)c2)CC1. The molecule has 1 aliphatic rings. The van der Waals surface area contributed by atoms with Crippen LogP contribution in [0.25, 0.3) is 0 Å². The van der Waals surface area contributed by atoms with E-state index in [4.69, 9.17) is 5.11 Å². The third-order valence-electron chi connectivity index (χ3n) is 3.13. The van der Waals surface area contributed by atoms with E-state index in [0.29, 0.717) is 6.54 Å². The summed E-state index contributed by atoms with van der Waals surface area (Å²) in [6, 6.07) is 2.17. The third-order valence-corrected chi connectivity index (χ3v) is 4.69. The summed E-state index contributed by atoms with van der Waals surface area (Å²) in [4.78, 5) is 15.2. The van der Waals surface area contributed by atoms with Gasteiger partial charge in [0.1, 0.15) is 0 Å². The molecule has 1 aromatic heterocycles. The van der Waals surface area contributed by atoms with E-state index < -0.39 is 5.97 Å². The van der Waals surface area contributed by atoms with Crippen LogP contribution in [-0.4, -0.2) is 53.6 Å². The van der Waals surface area contributed by atoms with Crippen molar-refractivity contribution in [1.29, 1.82) is 0 Å². The molecule has 0 spiro atoms. The lowest BCUT2D eigenvalue weighted by Crippen LogP contribution is -2.46. The predicted molar refractivity (Wildman–Crippen MR) is 76.0 cm³/mol. The summed E-state index contributed by atoms with van der Waals surface area (Å²) in [6.07, 6.45) is 0.247. The molecule has 100 valence electrons. The molecule has 1 saturated heterocycles. The Kier molecular flexibility index (Phi) is 5.17. The van der Waals surface area contributed by atoms with Crippen molar-refractivity contribution < 1.29 is 9.90 Å². The van der Waals surface area contributed by atoms with Crippen LogP contribution in [0.1, 0.15) is 12.0 Å². The number of carboxylic acids is 1. The fourth-order valence-corrected chi connectivity index (χ4v) is 3.31. The zero-order chi connectivity index (χ0) is 13.0. The summed E-state index contributed by atoms with van der Waals surface area (Å²) in [6.45, 7) is 5.65. The zero-order valence-electron chi connectivity index (χ0n) is 10.1. The van der Waals surface area contributed by atoms with Crippen LogP contribution in [0.4, 0.5) is 0 Å². The van der Waals surface area contributed by atoms with E-state index in [2.05, 4.69) is 37.2 Å². The first-order valence-electron chi connectivity index (χ1n) is 6.03. The Morgan fingerprint density at radius 2 is 2.00 bits per heavy atom. The summed E-state index contributed by atoms with van der Waals surface area (Å²) in [5, 5.41) is 10.8. The molecule has 18 heavy (non-hydrogen) atoms. The average molecular weight is 333 g/mol. The number of hydrogen-bond acceptors (Lipinski definition) is 4. The van der Waals surface area contributed by atoms with Gasteiger partial charge in [0, 0.05) is 39.3 Å². The van der Waals surface area contributed by atoms with Crippen LogP contribution < -0.4 is 0 Å². The van der Waals surface area contributed by atoms with Gasteiger partial charge in [-0.1, -0.05) is 0 Å². The predicted octanol–water partition coefficient (Wildman–Crippen LogP) is 2.10. The minimum atomic E-state index is -0.708. The second-order valence-corrected chi connectivity index (χ2v) is 6.81. The Hall–Kier alpha value is -0.430. The summed E-state index contributed by atoms with van der Waals surface area (Å²) >= 11 is 5.20. The molecule has 1 N–H and O–H groups in total. The maximum absolute atomic E-state index is 10.5. The third kappa shape index (κ3) is 4.35. The minimum Gasteiger partial charge on any atom is -0.481 e. The Bertz CT molecular complexity index is 403. The van der Waals surface area contributed by atoms with E-state index in [1.807, 2.05) is 0 Å². The molecule has 0 amide bonds. The number of aliphatic carboxylic acids is 1. The first kappa shape index (κ1) is 14.0. The van der Waals surface area contributed by atoms with Crippen molar-refractivity contribution in [3.05, 3.63) is 20.8 Å². The standard InChI is InChI=1S/C12H17BrN2O2S/c13-11-7-10(9-18-11)8-15-5-3-14(4-6-15)2-1-12(16)17/h7,9H,1-6,8H2,(H,16,17). The molecule has 0 aromatic carbocycles. The lowest BCUT2D eigenvalue weighted by molar-refractivity contribution is -0.137. The normalized spacial score (nSPS) is 18.1. The molecule has 1 aliphatic heterocycles. The Morgan fingerprint density at radius 3 is 2.56 bits per heavy atom. The number of thiophene rings is 1. The smallest absolute Gasteiger partial charge is 0.304 e. The van der Waals surface area contributed by atoms with Crippen molar-refractivity contribution in [2.24, 2.45) is 0 Å². The molecule has 0 aliphatic carbocycles. The quantitative estimate of drug-likeness (QED) is 0.896. The van der Waals surface area contributed by atoms with Crippen LogP contribution in [0.3, 0.4) is 0 Å². The van der Waals surface area contributed by atoms with E-state index in [1.54, 1.807) is 11.3 Å². The molecule has 1 aromatic rings. The summed E-state index contributed by atoms with van der Waals surface area (Å²) < 4.78 is 1.18. The van der Waals surface area contributed by atoms with Gasteiger partial charge < -0.3 is 10.0 Å². The van der Waals surface area contributed by atoms with Crippen molar-refractivity contribution in [2.45, 2.75) is 13.0 Å². The molecule has 0 unspecified atom stereocenters. The molecule has 2 rings (SSSR count). The van der Waals surface area contributed by atoms with Crippen molar-refractivity contribution in [2.75, 3.05) is 32.7 Å². The molecular weight excluding hydrogens is 316 g/mol. The highest BCUT2D eigenvalue weighted by molar-refractivity contribution is 9.11. The first-order chi connectivity index (χ1) is 8.63. The fraction of sp³-hybridized carbons (Fsp3) is 0.583. The highest BCUT2D eigenvalue weighted by Crippen LogP contribution is 2.22. The molecule has 1 fully saturated rings. The highest BCUT2D eigenvalue weighted by Gasteiger charge is 2.17. The van der Waals surface area contributed by atoms with Gasteiger partial charge in [-0.2, -0.15) is 0 Å². The van der Waals surface area contributed by atoms with Crippen molar-refractivity contribution in [3.8, 4) is 0 Å². The zero-order valence-corrected chi connectivity index (χ0v) is 12.5. The maximum atomic E-state index is 10.5. The fourth-order valence-electron chi connectivity index (χ4n) is 2.11. The van der Waals surface area contributed by atoms with E-state index in [0.717, 1.165) is 32.7 Å². The highest BCUT2D eigenvalue weighted by atomic mass is 79.9. The van der Waals surface area contributed by atoms with Crippen LogP contribution in [0, 0.1) is 0 Å². The Morgan fingerprint density at radius 1 is 1.33 bits per heavy atom. The van der Waals surface area contributed by atoms with Gasteiger partial charge in [0.25, 0.3) is 0 Å². The van der Waals surface area contributed by atoms with Crippen LogP contribution >= 0.6 is 27.3 Å². The number of carbonyl (C=O) groups is 1. The summed E-state index contributed by atoms with van der Waals surface area (Å²) in [5.74, 6) is -0.708. The summed E-state index contributed by atoms with van der Waals surface area (Å²) in [5.41, 5.74) is 1.35. The number of hydrogen-bond donors (Lipinski definition) is 1. The Balaban J connectivity index is 1.71. The number of halogens is 1. The van der Waals surface area contributed by atoms with Crippen LogP contribution in [0.2, 0.25) is 0 Å². The molecule has 4 nitrogen and oxygen atoms in total. The lowest BCUT2D eigenvalue weighted by atomic mass is 10.2. The lowest BCUT2D eigenvalue weighted by Gasteiger charge is -2.34. The first-order valence-corrected chi connectivity index (χ1v) is 7.70. The van der Waals surface area contributed by atoms with Gasteiger partial charge in [-0.3, -0.25) is 9.69 Å². The van der Waals surface area contributed by atoms with Gasteiger partial charge in [-0.05, 0) is 32.9 Å². The molecule has 0 radical (unpaired) electrons. The molecular formula is C12H17BrN2O2S. The van der Waals surface area contributed by atoms with E-state index in [1.165, 1.54) is 9.35 Å². The van der Waals surface area contributed by atoms with Crippen LogP contribution in [0.5, 0.6) is 0 Å². The molecule has 0 bridgehead atoms. The maximum Gasteiger partial charge on any atom is 0.304 e. The summed E-state index contributed by atoms with van der Waals surface area (Å²) in [7, 11) is 0. The second kappa shape index (κ2) is 6.65. The molecule has 0 atom stereocenters. The van der Waals surface area contributed by atoms with Gasteiger partial charge in [0.05, 0.1) is 10.2 Å². The van der Waals surface area contributed by atoms with Gasteiger partial charge >= 0.3 is 5.97 Å². The van der Waals surface area contributed by atoms with E-state index in [9.17, 15) is 4.79 Å². The molecule has 2 heterocycles. The number of carboxylic acid groups (broad SMARTS) is 1. The monoisotopic (exact) mass is 332 g/mol. The van der Waals surface area contributed by atoms with Gasteiger partial charge in [-0.25, -0.2) is 0 Å². The topological polar surface area (TPSA) is 43.8 Å². The largest absolute Gasteiger partial charge is 0.481 e. The second-order valence-electron chi connectivity index (χ2n) is 4.52. The molecule has 0 saturated carbocycles. The molecule has 6 heteroatoms. The van der Waals surface area contributed by atoms with Gasteiger partial charge in [0.2, 0.25) is 0 Å². The van der Waals surface area contributed by atoms with Crippen molar-refractivity contribution in [3.63, 3.8) is 0 Å². The van der Waals surface area contributed by atoms with Crippen molar-refractivity contribution in [1.82, 2.24) is 9.80 Å². The number of nitrogens with zero attached hydrogens (tertiary/aromatic N) is 2. The minimum absolute atomic E-state index is 0.247. The van der Waals surface area contributed by atoms with Crippen LogP contribution in [0.15, 0.2) is 15.2 Å². The van der Waals surface area contributed by atoms with Crippen LogP contribution in [-0.2, 0) is 11.3 Å². The van der Waals surface area contributed by atoms with Gasteiger partial charge in [-0.15, -0.1) is 11.3 Å².